The number of benzene rings is 2. The van der Waals surface area contributed by atoms with Gasteiger partial charge in [-0.05, 0) is 42.3 Å². The molecule has 0 aliphatic rings. The number of anilines is 2. The molecule has 0 unspecified atom stereocenters. The van der Waals surface area contributed by atoms with Crippen LogP contribution >= 0.6 is 11.3 Å². The van der Waals surface area contributed by atoms with Crippen LogP contribution in [0, 0.1) is 5.82 Å². The smallest absolute Gasteiger partial charge is 0.125 e. The zero-order valence-electron chi connectivity index (χ0n) is 18.0. The van der Waals surface area contributed by atoms with Crippen molar-refractivity contribution >= 4 is 22.7 Å². The number of nitrogens with zero attached hydrogens (tertiary/aromatic N) is 2. The third kappa shape index (κ3) is 6.30. The molecule has 0 atom stereocenters. The summed E-state index contributed by atoms with van der Waals surface area (Å²) in [4.78, 5) is 7.06. The molecule has 3 nitrogen and oxygen atoms in total. The van der Waals surface area contributed by atoms with Gasteiger partial charge in [0.25, 0.3) is 0 Å². The minimum atomic E-state index is -0.215. The summed E-state index contributed by atoms with van der Waals surface area (Å²) in [6, 6.07) is 12.9. The highest BCUT2D eigenvalue weighted by Gasteiger charge is 2.12. The minimum Gasteiger partial charge on any atom is -0.398 e. The van der Waals surface area contributed by atoms with Crippen LogP contribution in [0.5, 0.6) is 0 Å². The Morgan fingerprint density at radius 1 is 1.03 bits per heavy atom. The van der Waals surface area contributed by atoms with Gasteiger partial charge in [-0.1, -0.05) is 51.2 Å². The minimum absolute atomic E-state index is 0.215. The molecule has 3 aromatic rings. The van der Waals surface area contributed by atoms with E-state index in [4.69, 9.17) is 10.7 Å². The van der Waals surface area contributed by atoms with Crippen molar-refractivity contribution in [1.82, 2.24) is 4.98 Å². The summed E-state index contributed by atoms with van der Waals surface area (Å²) in [6.07, 6.45) is 8.39. The van der Waals surface area contributed by atoms with E-state index in [2.05, 4.69) is 31.0 Å². The van der Waals surface area contributed by atoms with Crippen molar-refractivity contribution in [3.05, 3.63) is 64.9 Å². The third-order valence-electron chi connectivity index (χ3n) is 5.38. The second kappa shape index (κ2) is 11.1. The van der Waals surface area contributed by atoms with E-state index >= 15 is 0 Å². The molecule has 0 saturated heterocycles. The maximum atomic E-state index is 13.4. The van der Waals surface area contributed by atoms with Crippen LogP contribution < -0.4 is 10.6 Å². The number of hydrogen-bond acceptors (Lipinski definition) is 4. The van der Waals surface area contributed by atoms with Gasteiger partial charge in [0.05, 0.1) is 5.69 Å². The monoisotopic (exact) mass is 425 g/mol. The highest BCUT2D eigenvalue weighted by molar-refractivity contribution is 7.13. The van der Waals surface area contributed by atoms with Crippen molar-refractivity contribution in [3.63, 3.8) is 0 Å². The van der Waals surface area contributed by atoms with Gasteiger partial charge in [0.15, 0.2) is 0 Å². The van der Waals surface area contributed by atoms with E-state index in [1.165, 1.54) is 44.6 Å². The van der Waals surface area contributed by atoms with Gasteiger partial charge in [-0.15, -0.1) is 11.3 Å². The van der Waals surface area contributed by atoms with E-state index in [0.717, 1.165) is 39.7 Å². The number of thiazole rings is 1. The van der Waals surface area contributed by atoms with Gasteiger partial charge in [-0.2, -0.15) is 0 Å². The molecule has 0 radical (unpaired) electrons. The first-order valence-corrected chi connectivity index (χ1v) is 11.7. The Morgan fingerprint density at radius 2 is 1.83 bits per heavy atom. The Balaban J connectivity index is 1.64. The predicted molar refractivity (Wildman–Crippen MR) is 128 cm³/mol. The second-order valence-corrected chi connectivity index (χ2v) is 8.77. The summed E-state index contributed by atoms with van der Waals surface area (Å²) in [6.45, 7) is 3.29. The Labute approximate surface area is 183 Å². The van der Waals surface area contributed by atoms with E-state index < -0.39 is 0 Å². The summed E-state index contributed by atoms with van der Waals surface area (Å²) < 4.78 is 13.4. The van der Waals surface area contributed by atoms with Crippen molar-refractivity contribution in [2.24, 2.45) is 0 Å². The van der Waals surface area contributed by atoms with Crippen molar-refractivity contribution < 1.29 is 4.39 Å². The fourth-order valence-electron chi connectivity index (χ4n) is 3.59. The van der Waals surface area contributed by atoms with E-state index in [-0.39, 0.29) is 5.82 Å². The maximum Gasteiger partial charge on any atom is 0.125 e. The first kappa shape index (κ1) is 22.3. The largest absolute Gasteiger partial charge is 0.398 e. The zero-order valence-corrected chi connectivity index (χ0v) is 18.9. The van der Waals surface area contributed by atoms with Crippen LogP contribution in [0.2, 0.25) is 0 Å². The van der Waals surface area contributed by atoms with Crippen molar-refractivity contribution in [2.45, 2.75) is 51.9 Å². The van der Waals surface area contributed by atoms with Crippen LogP contribution in [0.4, 0.5) is 15.8 Å². The van der Waals surface area contributed by atoms with E-state index in [1.54, 1.807) is 23.5 Å². The lowest BCUT2D eigenvalue weighted by Crippen LogP contribution is -2.18. The number of hydrogen-bond donors (Lipinski definition) is 1. The predicted octanol–water partition coefficient (Wildman–Crippen LogP) is 6.92. The fraction of sp³-hybridized carbons (Fsp3) is 0.400. The highest BCUT2D eigenvalue weighted by atomic mass is 32.1. The van der Waals surface area contributed by atoms with Crippen LogP contribution in [-0.2, 0) is 6.42 Å². The van der Waals surface area contributed by atoms with Crippen molar-refractivity contribution in [2.75, 3.05) is 24.2 Å². The summed E-state index contributed by atoms with van der Waals surface area (Å²) in [5, 5.41) is 2.94. The third-order valence-corrected chi connectivity index (χ3v) is 6.31. The molecule has 0 aliphatic carbocycles. The fourth-order valence-corrected chi connectivity index (χ4v) is 4.45. The van der Waals surface area contributed by atoms with Gasteiger partial charge in [0.1, 0.15) is 10.8 Å². The second-order valence-electron chi connectivity index (χ2n) is 7.91. The molecule has 0 aliphatic heterocycles. The van der Waals surface area contributed by atoms with Crippen LogP contribution in [0.3, 0.4) is 0 Å². The summed E-state index contributed by atoms with van der Waals surface area (Å²) in [7, 11) is 2.14. The summed E-state index contributed by atoms with van der Waals surface area (Å²) in [5.41, 5.74) is 11.0. The quantitative estimate of drug-likeness (QED) is 0.268. The number of halogens is 1. The average molecular weight is 426 g/mol. The topological polar surface area (TPSA) is 42.1 Å². The van der Waals surface area contributed by atoms with Crippen LogP contribution in [-0.4, -0.2) is 18.6 Å². The molecule has 2 aromatic carbocycles. The molecule has 3 rings (SSSR count). The number of nitrogens with two attached hydrogens (primary N) is 1. The van der Waals surface area contributed by atoms with Gasteiger partial charge in [0.2, 0.25) is 0 Å². The Kier molecular flexibility index (Phi) is 8.26. The zero-order chi connectivity index (χ0) is 21.3. The highest BCUT2D eigenvalue weighted by Crippen LogP contribution is 2.33. The molecule has 0 amide bonds. The molecule has 0 saturated carbocycles. The Morgan fingerprint density at radius 3 is 2.63 bits per heavy atom. The van der Waals surface area contributed by atoms with Crippen LogP contribution in [0.15, 0.2) is 47.8 Å². The molecule has 1 aromatic heterocycles. The summed E-state index contributed by atoms with van der Waals surface area (Å²) >= 11 is 1.59. The van der Waals surface area contributed by atoms with Gasteiger partial charge >= 0.3 is 0 Å². The van der Waals surface area contributed by atoms with E-state index in [9.17, 15) is 4.39 Å². The number of nitrogen functional groups attached to an aromatic ring is 1. The lowest BCUT2D eigenvalue weighted by Gasteiger charge is -2.20. The average Bonchev–Trinajstić information content (AvgIpc) is 3.19. The first-order valence-electron chi connectivity index (χ1n) is 10.9. The van der Waals surface area contributed by atoms with E-state index in [0.29, 0.717) is 6.42 Å². The van der Waals surface area contributed by atoms with Gasteiger partial charge in [0, 0.05) is 42.3 Å². The van der Waals surface area contributed by atoms with Crippen LogP contribution in [0.1, 0.15) is 56.7 Å². The van der Waals surface area contributed by atoms with Crippen molar-refractivity contribution in [3.8, 4) is 10.6 Å². The standard InChI is InChI=1S/C25H32FN3S/c1-3-4-5-6-7-8-14-29(2)22-12-13-24(27)23(17-22)25-28-21(18-30-25)16-19-10-9-11-20(26)15-19/h9-13,15,17-18H,3-8,14,16,27H2,1-2H3. The molecule has 5 heteroatoms. The SMILES string of the molecule is CCCCCCCCN(C)c1ccc(N)c(-c2nc(Cc3cccc(F)c3)cs2)c1. The molecular formula is C25H32FN3S. The van der Waals surface area contributed by atoms with Gasteiger partial charge in [-0.25, -0.2) is 9.37 Å². The summed E-state index contributed by atoms with van der Waals surface area (Å²) in [5.74, 6) is -0.215. The molecule has 0 bridgehead atoms. The van der Waals surface area contributed by atoms with Crippen LogP contribution in [0.25, 0.3) is 10.6 Å². The first-order chi connectivity index (χ1) is 14.6. The van der Waals surface area contributed by atoms with Crippen molar-refractivity contribution in [1.29, 1.82) is 0 Å². The Bertz CT molecular complexity index is 938. The normalized spacial score (nSPS) is 11.0. The Hall–Kier alpha value is -2.40. The molecule has 2 N–H and O–H groups in total. The number of rotatable bonds is 11. The molecule has 0 fully saturated rings. The van der Waals surface area contributed by atoms with Gasteiger partial charge in [-0.3, -0.25) is 0 Å². The lowest BCUT2D eigenvalue weighted by molar-refractivity contribution is 0.606. The molecular weight excluding hydrogens is 393 g/mol. The molecule has 1 heterocycles. The molecule has 0 spiro atoms. The number of unbranched alkanes of at least 4 members (excludes halogenated alkanes) is 5. The molecule has 30 heavy (non-hydrogen) atoms. The number of aromatic nitrogens is 1. The lowest BCUT2D eigenvalue weighted by atomic mass is 10.1. The van der Waals surface area contributed by atoms with Gasteiger partial charge < -0.3 is 10.6 Å². The molecule has 160 valence electrons. The van der Waals surface area contributed by atoms with E-state index in [1.807, 2.05) is 17.5 Å². The maximum absolute atomic E-state index is 13.4.